The molecular weight excluding hydrogens is 411 g/mol. The first-order valence-electron chi connectivity index (χ1n) is 9.95. The lowest BCUT2D eigenvalue weighted by atomic mass is 9.91. The Hall–Kier alpha value is -2.61. The number of benzene rings is 1. The van der Waals surface area contributed by atoms with Gasteiger partial charge in [-0.1, -0.05) is 31.0 Å². The van der Waals surface area contributed by atoms with E-state index < -0.39 is 17.6 Å². The highest BCUT2D eigenvalue weighted by Gasteiger charge is 2.39. The molecule has 0 saturated carbocycles. The first kappa shape index (κ1) is 20.7. The summed E-state index contributed by atoms with van der Waals surface area (Å²) >= 11 is 0.924. The molecule has 0 aliphatic heterocycles. The first-order valence-corrected chi connectivity index (χ1v) is 10.8. The molecule has 2 aromatic heterocycles. The van der Waals surface area contributed by atoms with Crippen LogP contribution in [0.15, 0.2) is 24.3 Å². The van der Waals surface area contributed by atoms with Crippen molar-refractivity contribution < 1.29 is 18.0 Å². The second-order valence-corrected chi connectivity index (χ2v) is 8.62. The number of carbonyl (C=O) groups excluding carboxylic acids is 1. The summed E-state index contributed by atoms with van der Waals surface area (Å²) in [7, 11) is 0. The first-order chi connectivity index (χ1) is 14.3. The van der Waals surface area contributed by atoms with E-state index in [1.54, 1.807) is 12.1 Å². The molecule has 0 bridgehead atoms. The predicted molar refractivity (Wildman–Crippen MR) is 114 cm³/mol. The molecule has 0 atom stereocenters. The number of fused-ring (bicyclic) bond motifs is 2. The minimum Gasteiger partial charge on any atom is -0.397 e. The van der Waals surface area contributed by atoms with Crippen LogP contribution in [-0.2, 0) is 19.0 Å². The lowest BCUT2D eigenvalue weighted by Gasteiger charge is -2.20. The molecule has 8 heteroatoms. The van der Waals surface area contributed by atoms with Crippen LogP contribution in [-0.4, -0.2) is 10.9 Å². The van der Waals surface area contributed by atoms with Gasteiger partial charge in [0.05, 0.1) is 11.3 Å². The Bertz CT molecular complexity index is 1120. The number of pyridine rings is 1. The van der Waals surface area contributed by atoms with Gasteiger partial charge in [-0.2, -0.15) is 13.2 Å². The van der Waals surface area contributed by atoms with E-state index in [-0.39, 0.29) is 26.3 Å². The Morgan fingerprint density at radius 3 is 2.53 bits per heavy atom. The average molecular weight is 433 g/mol. The fourth-order valence-electron chi connectivity index (χ4n) is 4.03. The van der Waals surface area contributed by atoms with Gasteiger partial charge >= 0.3 is 6.18 Å². The number of aryl methyl sites for hydroxylation is 2. The fraction of sp³-hybridized carbons (Fsp3) is 0.364. The second-order valence-electron chi connectivity index (χ2n) is 7.62. The summed E-state index contributed by atoms with van der Waals surface area (Å²) < 4.78 is 42.5. The molecule has 0 fully saturated rings. The van der Waals surface area contributed by atoms with Crippen LogP contribution in [0.25, 0.3) is 10.2 Å². The van der Waals surface area contributed by atoms with Crippen LogP contribution >= 0.6 is 11.3 Å². The predicted octanol–water partition coefficient (Wildman–Crippen LogP) is 6.12. The average Bonchev–Trinajstić information content (AvgIpc) is 2.98. The fourth-order valence-corrected chi connectivity index (χ4v) is 5.05. The summed E-state index contributed by atoms with van der Waals surface area (Å²) in [5.74, 6) is -0.523. The Kier molecular flexibility index (Phi) is 5.44. The van der Waals surface area contributed by atoms with Crippen molar-refractivity contribution in [3.05, 3.63) is 51.5 Å². The third kappa shape index (κ3) is 3.76. The van der Waals surface area contributed by atoms with E-state index in [4.69, 9.17) is 5.73 Å². The zero-order valence-corrected chi connectivity index (χ0v) is 17.3. The number of nitrogens with zero attached hydrogens (tertiary/aromatic N) is 1. The van der Waals surface area contributed by atoms with Crippen LogP contribution in [0.3, 0.4) is 0 Å². The lowest BCUT2D eigenvalue weighted by Crippen LogP contribution is -2.16. The molecule has 30 heavy (non-hydrogen) atoms. The number of nitrogen functional groups attached to an aromatic ring is 1. The number of para-hydroxylation sites is 1. The maximum Gasteiger partial charge on any atom is 0.417 e. The molecule has 1 aliphatic rings. The number of nitrogens with one attached hydrogen (secondary N) is 1. The number of hydrogen-bond acceptors (Lipinski definition) is 4. The highest BCUT2D eigenvalue weighted by molar-refractivity contribution is 7.21. The van der Waals surface area contributed by atoms with Crippen molar-refractivity contribution in [3.63, 3.8) is 0 Å². The number of alkyl halides is 3. The number of amides is 1. The third-order valence-electron chi connectivity index (χ3n) is 5.54. The van der Waals surface area contributed by atoms with Gasteiger partial charge in [-0.15, -0.1) is 11.3 Å². The van der Waals surface area contributed by atoms with Gasteiger partial charge in [0.1, 0.15) is 9.71 Å². The summed E-state index contributed by atoms with van der Waals surface area (Å²) in [5, 5.41) is 2.62. The van der Waals surface area contributed by atoms with Crippen molar-refractivity contribution in [2.45, 2.75) is 51.6 Å². The summed E-state index contributed by atoms with van der Waals surface area (Å²) in [6.45, 7) is 1.84. The molecule has 1 aliphatic carbocycles. The highest BCUT2D eigenvalue weighted by Crippen LogP contribution is 2.45. The molecule has 4 nitrogen and oxygen atoms in total. The van der Waals surface area contributed by atoms with Gasteiger partial charge in [0, 0.05) is 16.8 Å². The Morgan fingerprint density at radius 2 is 1.83 bits per heavy atom. The quantitative estimate of drug-likeness (QED) is 0.512. The van der Waals surface area contributed by atoms with E-state index in [0.717, 1.165) is 36.2 Å². The molecule has 0 saturated heterocycles. The zero-order chi connectivity index (χ0) is 21.5. The standard InChI is InChI=1S/C22H22F3N3OS/c1-12-8-6-7-10-14(12)27-20(29)19-18(26)16-17(22(23,24)25)13-9-4-2-3-5-11-15(13)28-21(16)30-19/h6-8,10H,2-5,9,11,26H2,1H3,(H,27,29). The van der Waals surface area contributed by atoms with Gasteiger partial charge < -0.3 is 11.1 Å². The Morgan fingerprint density at radius 1 is 1.13 bits per heavy atom. The summed E-state index contributed by atoms with van der Waals surface area (Å²) in [4.78, 5) is 17.6. The normalized spacial score (nSPS) is 14.8. The number of aromatic nitrogens is 1. The van der Waals surface area contributed by atoms with Gasteiger partial charge in [-0.25, -0.2) is 4.98 Å². The van der Waals surface area contributed by atoms with E-state index in [1.807, 2.05) is 19.1 Å². The van der Waals surface area contributed by atoms with E-state index in [9.17, 15) is 18.0 Å². The van der Waals surface area contributed by atoms with Gasteiger partial charge in [-0.05, 0) is 49.8 Å². The minimum absolute atomic E-state index is 0.0595. The van der Waals surface area contributed by atoms with Crippen molar-refractivity contribution >= 4 is 38.8 Å². The number of rotatable bonds is 2. The number of carbonyl (C=O) groups is 1. The molecule has 4 rings (SSSR count). The maximum atomic E-state index is 14.2. The SMILES string of the molecule is Cc1ccccc1NC(=O)c1sc2nc3c(c(C(F)(F)F)c2c1N)CCCCCC3. The lowest BCUT2D eigenvalue weighted by molar-refractivity contribution is -0.137. The Balaban J connectivity index is 1.87. The molecule has 158 valence electrons. The number of halogens is 3. The van der Waals surface area contributed by atoms with Gasteiger partial charge in [0.25, 0.3) is 5.91 Å². The minimum atomic E-state index is -4.57. The van der Waals surface area contributed by atoms with Crippen molar-refractivity contribution in [2.24, 2.45) is 0 Å². The van der Waals surface area contributed by atoms with Crippen molar-refractivity contribution in [1.29, 1.82) is 0 Å². The van der Waals surface area contributed by atoms with E-state index in [1.165, 1.54) is 0 Å². The summed E-state index contributed by atoms with van der Waals surface area (Å²) in [6.07, 6.45) is -0.346. The van der Waals surface area contributed by atoms with Gasteiger partial charge in [0.15, 0.2) is 0 Å². The molecule has 0 unspecified atom stereocenters. The molecule has 0 radical (unpaired) electrons. The van der Waals surface area contributed by atoms with Crippen LogP contribution in [0, 0.1) is 6.92 Å². The van der Waals surface area contributed by atoms with Crippen molar-refractivity contribution in [2.75, 3.05) is 11.1 Å². The molecule has 1 aromatic carbocycles. The topological polar surface area (TPSA) is 68.0 Å². The monoisotopic (exact) mass is 433 g/mol. The second kappa shape index (κ2) is 7.91. The molecule has 0 spiro atoms. The van der Waals surface area contributed by atoms with E-state index in [2.05, 4.69) is 10.3 Å². The van der Waals surface area contributed by atoms with Gasteiger partial charge in [-0.3, -0.25) is 4.79 Å². The molecule has 1 amide bonds. The van der Waals surface area contributed by atoms with Crippen LogP contribution in [0.2, 0.25) is 0 Å². The molecule has 3 aromatic rings. The smallest absolute Gasteiger partial charge is 0.397 e. The summed E-state index contributed by atoms with van der Waals surface area (Å²) in [5.41, 5.74) is 7.45. The number of thiophene rings is 1. The largest absolute Gasteiger partial charge is 0.417 e. The molecule has 2 heterocycles. The Labute approximate surface area is 176 Å². The number of anilines is 2. The van der Waals surface area contributed by atoms with E-state index >= 15 is 0 Å². The third-order valence-corrected chi connectivity index (χ3v) is 6.63. The number of nitrogens with two attached hydrogens (primary N) is 1. The van der Waals surface area contributed by atoms with Crippen LogP contribution in [0.5, 0.6) is 0 Å². The van der Waals surface area contributed by atoms with Gasteiger partial charge in [0.2, 0.25) is 0 Å². The van der Waals surface area contributed by atoms with Crippen LogP contribution in [0.1, 0.15) is 57.7 Å². The van der Waals surface area contributed by atoms with Crippen LogP contribution < -0.4 is 11.1 Å². The molecule has 3 N–H and O–H groups in total. The van der Waals surface area contributed by atoms with Crippen molar-refractivity contribution in [1.82, 2.24) is 4.98 Å². The number of hydrogen-bond donors (Lipinski definition) is 2. The van der Waals surface area contributed by atoms with Crippen LogP contribution in [0.4, 0.5) is 24.5 Å². The van der Waals surface area contributed by atoms with Crippen molar-refractivity contribution in [3.8, 4) is 0 Å². The highest BCUT2D eigenvalue weighted by atomic mass is 32.1. The summed E-state index contributed by atoms with van der Waals surface area (Å²) in [6, 6.07) is 7.20. The molecular formula is C22H22F3N3OS. The zero-order valence-electron chi connectivity index (χ0n) is 16.5. The maximum absolute atomic E-state index is 14.2. The van der Waals surface area contributed by atoms with E-state index in [0.29, 0.717) is 30.6 Å².